The molecule has 0 bridgehead atoms. The van der Waals surface area contributed by atoms with Gasteiger partial charge >= 0.3 is 6.18 Å². The predicted molar refractivity (Wildman–Crippen MR) is 119 cm³/mol. The number of hydrogen-bond donors (Lipinski definition) is 2. The molecule has 0 fully saturated rings. The number of amides is 1. The summed E-state index contributed by atoms with van der Waals surface area (Å²) in [4.78, 5) is 21.2. The summed E-state index contributed by atoms with van der Waals surface area (Å²) < 4.78 is 52.7. The van der Waals surface area contributed by atoms with Crippen LogP contribution in [-0.2, 0) is 6.18 Å². The van der Waals surface area contributed by atoms with E-state index in [2.05, 4.69) is 20.6 Å². The fraction of sp³-hybridized carbons (Fsp3) is 0.125. The van der Waals surface area contributed by atoms with Crippen molar-refractivity contribution in [2.75, 3.05) is 17.7 Å². The van der Waals surface area contributed by atoms with Crippen LogP contribution in [0.3, 0.4) is 0 Å². The zero-order valence-corrected chi connectivity index (χ0v) is 17.6. The third kappa shape index (κ3) is 4.62. The molecule has 168 valence electrons. The minimum Gasteiger partial charge on any atom is -0.357 e. The van der Waals surface area contributed by atoms with E-state index in [0.717, 1.165) is 28.1 Å². The first-order chi connectivity index (χ1) is 15.7. The van der Waals surface area contributed by atoms with Gasteiger partial charge in [-0.25, -0.2) is 14.4 Å². The zero-order valence-electron chi connectivity index (χ0n) is 17.6. The van der Waals surface area contributed by atoms with Crippen molar-refractivity contribution in [3.05, 3.63) is 83.3 Å². The number of nitrogens with one attached hydrogen (secondary N) is 2. The first-order valence-electron chi connectivity index (χ1n) is 9.89. The summed E-state index contributed by atoms with van der Waals surface area (Å²) in [6.07, 6.45) is -3.07. The molecule has 1 amide bonds. The molecule has 4 aromatic rings. The van der Waals surface area contributed by atoms with Gasteiger partial charge in [-0.05, 0) is 60.0 Å². The monoisotopic (exact) mass is 454 g/mol. The van der Waals surface area contributed by atoms with Crippen molar-refractivity contribution in [2.24, 2.45) is 0 Å². The molecule has 0 aliphatic rings. The molecule has 0 saturated heterocycles. The fourth-order valence-corrected chi connectivity index (χ4v) is 3.48. The van der Waals surface area contributed by atoms with Crippen LogP contribution >= 0.6 is 0 Å². The second-order valence-corrected chi connectivity index (χ2v) is 7.38. The summed E-state index contributed by atoms with van der Waals surface area (Å²) >= 11 is 0. The second kappa shape index (κ2) is 8.50. The average molecular weight is 454 g/mol. The van der Waals surface area contributed by atoms with Gasteiger partial charge in [0.15, 0.2) is 0 Å². The number of carbonyl (C=O) groups excluding carboxylic acids is 1. The second-order valence-electron chi connectivity index (χ2n) is 7.38. The molecule has 0 radical (unpaired) electrons. The standard InChI is InChI=1S/C24H18F4N4O/c1-13-19(14-6-7-21-16(8-14)12-30-23(29-2)32-21)4-3-5-20(13)31-22(33)15-9-17(24(26,27)28)11-18(25)10-15/h3-12H,1-2H3,(H,31,33)(H,29,30,32). The Morgan fingerprint density at radius 2 is 1.82 bits per heavy atom. The topological polar surface area (TPSA) is 66.9 Å². The summed E-state index contributed by atoms with van der Waals surface area (Å²) in [5, 5.41) is 6.29. The van der Waals surface area contributed by atoms with Gasteiger partial charge < -0.3 is 10.6 Å². The SMILES string of the molecule is CNc1ncc2cc(-c3cccc(NC(=O)c4cc(F)cc(C(F)(F)F)c4)c3C)ccc2n1. The Morgan fingerprint density at radius 1 is 1.03 bits per heavy atom. The minimum atomic E-state index is -4.76. The van der Waals surface area contributed by atoms with Crippen LogP contribution < -0.4 is 10.6 Å². The molecular weight excluding hydrogens is 436 g/mol. The van der Waals surface area contributed by atoms with Crippen molar-refractivity contribution in [1.82, 2.24) is 9.97 Å². The quantitative estimate of drug-likeness (QED) is 0.368. The zero-order chi connectivity index (χ0) is 23.8. The third-order valence-electron chi connectivity index (χ3n) is 5.18. The Hall–Kier alpha value is -4.01. The van der Waals surface area contributed by atoms with Crippen LogP contribution in [0, 0.1) is 12.7 Å². The summed E-state index contributed by atoms with van der Waals surface area (Å²) in [5.41, 5.74) is 1.87. The molecule has 0 atom stereocenters. The molecule has 0 aliphatic heterocycles. The van der Waals surface area contributed by atoms with E-state index in [-0.39, 0.29) is 0 Å². The number of nitrogens with zero attached hydrogens (tertiary/aromatic N) is 2. The lowest BCUT2D eigenvalue weighted by Crippen LogP contribution is -2.15. The number of halogens is 4. The Kier molecular flexibility index (Phi) is 5.71. The number of hydrogen-bond acceptors (Lipinski definition) is 4. The van der Waals surface area contributed by atoms with E-state index in [1.807, 2.05) is 24.3 Å². The first-order valence-corrected chi connectivity index (χ1v) is 9.89. The first kappa shape index (κ1) is 22.2. The van der Waals surface area contributed by atoms with Crippen LogP contribution in [0.4, 0.5) is 29.2 Å². The van der Waals surface area contributed by atoms with E-state index >= 15 is 0 Å². The van der Waals surface area contributed by atoms with Gasteiger partial charge in [0.25, 0.3) is 5.91 Å². The Labute approximate surface area is 186 Å². The highest BCUT2D eigenvalue weighted by Gasteiger charge is 2.32. The van der Waals surface area contributed by atoms with Crippen molar-refractivity contribution in [1.29, 1.82) is 0 Å². The van der Waals surface area contributed by atoms with Gasteiger partial charge in [-0.3, -0.25) is 4.79 Å². The number of alkyl halides is 3. The summed E-state index contributed by atoms with van der Waals surface area (Å²) in [7, 11) is 1.73. The van der Waals surface area contributed by atoms with Crippen LogP contribution in [0.2, 0.25) is 0 Å². The number of aromatic nitrogens is 2. The predicted octanol–water partition coefficient (Wildman–Crippen LogP) is 6.06. The molecule has 33 heavy (non-hydrogen) atoms. The number of fused-ring (bicyclic) bond motifs is 1. The van der Waals surface area contributed by atoms with Crippen molar-refractivity contribution < 1.29 is 22.4 Å². The Balaban J connectivity index is 1.66. The highest BCUT2D eigenvalue weighted by molar-refractivity contribution is 6.05. The molecule has 1 aromatic heterocycles. The Morgan fingerprint density at radius 3 is 2.55 bits per heavy atom. The Bertz CT molecular complexity index is 1370. The van der Waals surface area contributed by atoms with Gasteiger partial charge in [-0.2, -0.15) is 13.2 Å². The van der Waals surface area contributed by atoms with E-state index in [0.29, 0.717) is 29.3 Å². The maximum atomic E-state index is 13.7. The third-order valence-corrected chi connectivity index (χ3v) is 5.18. The minimum absolute atomic E-state index is 0.353. The maximum Gasteiger partial charge on any atom is 0.416 e. The van der Waals surface area contributed by atoms with Crippen LogP contribution in [0.1, 0.15) is 21.5 Å². The van der Waals surface area contributed by atoms with Crippen LogP contribution in [-0.4, -0.2) is 22.9 Å². The number of anilines is 2. The fourth-order valence-electron chi connectivity index (χ4n) is 3.48. The number of rotatable bonds is 4. The lowest BCUT2D eigenvalue weighted by Gasteiger charge is -2.14. The summed E-state index contributed by atoms with van der Waals surface area (Å²) in [6, 6.07) is 12.6. The largest absolute Gasteiger partial charge is 0.416 e. The number of carbonyl (C=O) groups is 1. The molecule has 1 heterocycles. The number of benzene rings is 3. The van der Waals surface area contributed by atoms with Gasteiger partial charge in [0.2, 0.25) is 5.95 Å². The molecule has 0 spiro atoms. The van der Waals surface area contributed by atoms with Gasteiger partial charge in [-0.15, -0.1) is 0 Å². The summed E-state index contributed by atoms with van der Waals surface area (Å²) in [6.45, 7) is 1.78. The lowest BCUT2D eigenvalue weighted by atomic mass is 9.98. The van der Waals surface area contributed by atoms with E-state index < -0.39 is 29.0 Å². The van der Waals surface area contributed by atoms with Crippen molar-refractivity contribution in [2.45, 2.75) is 13.1 Å². The van der Waals surface area contributed by atoms with Crippen LogP contribution in [0.5, 0.6) is 0 Å². The molecule has 3 aromatic carbocycles. The van der Waals surface area contributed by atoms with E-state index in [1.165, 1.54) is 0 Å². The van der Waals surface area contributed by atoms with Crippen LogP contribution in [0.15, 0.2) is 60.8 Å². The molecule has 0 unspecified atom stereocenters. The van der Waals surface area contributed by atoms with E-state index in [9.17, 15) is 22.4 Å². The van der Waals surface area contributed by atoms with E-state index in [4.69, 9.17) is 0 Å². The van der Waals surface area contributed by atoms with Gasteiger partial charge in [-0.1, -0.05) is 18.2 Å². The smallest absolute Gasteiger partial charge is 0.357 e. The van der Waals surface area contributed by atoms with Gasteiger partial charge in [0.1, 0.15) is 5.82 Å². The normalized spacial score (nSPS) is 11.5. The van der Waals surface area contributed by atoms with E-state index in [1.54, 1.807) is 32.3 Å². The highest BCUT2D eigenvalue weighted by atomic mass is 19.4. The van der Waals surface area contributed by atoms with Crippen molar-refractivity contribution in [3.63, 3.8) is 0 Å². The van der Waals surface area contributed by atoms with Crippen molar-refractivity contribution in [3.8, 4) is 11.1 Å². The molecule has 9 heteroatoms. The van der Waals surface area contributed by atoms with Gasteiger partial charge in [0, 0.05) is 29.9 Å². The summed E-state index contributed by atoms with van der Waals surface area (Å²) in [5.74, 6) is -1.48. The molecule has 0 aliphatic carbocycles. The van der Waals surface area contributed by atoms with Crippen molar-refractivity contribution >= 4 is 28.4 Å². The molecule has 0 saturated carbocycles. The molecule has 2 N–H and O–H groups in total. The average Bonchev–Trinajstić information content (AvgIpc) is 2.78. The molecule has 5 nitrogen and oxygen atoms in total. The molecular formula is C24H18F4N4O. The molecule has 4 rings (SSSR count). The maximum absolute atomic E-state index is 13.7. The van der Waals surface area contributed by atoms with Gasteiger partial charge in [0.05, 0.1) is 11.1 Å². The van der Waals surface area contributed by atoms with Crippen LogP contribution in [0.25, 0.3) is 22.0 Å². The highest BCUT2D eigenvalue weighted by Crippen LogP contribution is 2.32. The lowest BCUT2D eigenvalue weighted by molar-refractivity contribution is -0.137.